The zero-order chi connectivity index (χ0) is 11.8. The number of piperidine rings is 1. The molecule has 3 rings (SSSR count). The van der Waals surface area contributed by atoms with Crippen LogP contribution in [0.3, 0.4) is 0 Å². The van der Waals surface area contributed by atoms with E-state index in [0.29, 0.717) is 18.1 Å². The van der Waals surface area contributed by atoms with Crippen LogP contribution in [0.25, 0.3) is 0 Å². The fourth-order valence-electron chi connectivity index (χ4n) is 3.40. The Morgan fingerprint density at radius 3 is 3.00 bits per heavy atom. The highest BCUT2D eigenvalue weighted by atomic mass is 16.2. The third-order valence-corrected chi connectivity index (χ3v) is 4.38. The van der Waals surface area contributed by atoms with Crippen LogP contribution in [0.4, 0.5) is 4.79 Å². The Morgan fingerprint density at radius 1 is 1.29 bits per heavy atom. The minimum atomic E-state index is 0.133. The lowest BCUT2D eigenvalue weighted by Crippen LogP contribution is -2.57. The summed E-state index contributed by atoms with van der Waals surface area (Å²) >= 11 is 0. The van der Waals surface area contributed by atoms with Crippen molar-refractivity contribution in [1.29, 1.82) is 0 Å². The number of nitrogens with one attached hydrogen (secondary N) is 2. The number of amides is 2. The molecule has 0 aliphatic carbocycles. The number of carbonyl (C=O) groups is 1. The van der Waals surface area contributed by atoms with Crippen LogP contribution in [0.5, 0.6) is 0 Å². The van der Waals surface area contributed by atoms with E-state index in [0.717, 1.165) is 32.7 Å². The molecule has 3 saturated heterocycles. The predicted octanol–water partition coefficient (Wildman–Crippen LogP) is -0.164. The highest BCUT2D eigenvalue weighted by molar-refractivity contribution is 5.77. The summed E-state index contributed by atoms with van der Waals surface area (Å²) < 4.78 is 0. The molecule has 96 valence electrons. The molecule has 3 fully saturated rings. The summed E-state index contributed by atoms with van der Waals surface area (Å²) in [6.07, 6.45) is 2.49. The van der Waals surface area contributed by atoms with Gasteiger partial charge in [-0.1, -0.05) is 0 Å². The van der Waals surface area contributed by atoms with Crippen molar-refractivity contribution in [2.75, 3.05) is 32.7 Å². The van der Waals surface area contributed by atoms with E-state index < -0.39 is 0 Å². The maximum absolute atomic E-state index is 11.5. The van der Waals surface area contributed by atoms with E-state index in [1.165, 1.54) is 12.8 Å². The zero-order valence-corrected chi connectivity index (χ0v) is 10.5. The van der Waals surface area contributed by atoms with Gasteiger partial charge in [-0.25, -0.2) is 4.79 Å². The molecule has 17 heavy (non-hydrogen) atoms. The summed E-state index contributed by atoms with van der Waals surface area (Å²) in [6, 6.07) is 1.88. The monoisotopic (exact) mass is 238 g/mol. The number of piperazine rings is 1. The SMILES string of the molecule is CC1CC(N2CCN3C(=O)NCC3C2)CCN1. The van der Waals surface area contributed by atoms with Crippen LogP contribution in [-0.2, 0) is 0 Å². The summed E-state index contributed by atoms with van der Waals surface area (Å²) in [5, 5.41) is 6.44. The van der Waals surface area contributed by atoms with E-state index >= 15 is 0 Å². The van der Waals surface area contributed by atoms with Gasteiger partial charge in [-0.3, -0.25) is 4.90 Å². The number of fused-ring (bicyclic) bond motifs is 1. The van der Waals surface area contributed by atoms with Gasteiger partial charge in [-0.15, -0.1) is 0 Å². The Bertz CT molecular complexity index is 309. The van der Waals surface area contributed by atoms with Crippen LogP contribution in [0.15, 0.2) is 0 Å². The standard InChI is InChI=1S/C12H22N4O/c1-9-6-10(2-3-13-9)15-4-5-16-11(8-15)7-14-12(16)17/h9-11,13H,2-8H2,1H3,(H,14,17). The summed E-state index contributed by atoms with van der Waals surface area (Å²) in [5.41, 5.74) is 0. The maximum atomic E-state index is 11.5. The molecule has 2 amide bonds. The molecule has 0 saturated carbocycles. The van der Waals surface area contributed by atoms with Crippen molar-refractivity contribution in [3.05, 3.63) is 0 Å². The quantitative estimate of drug-likeness (QED) is 0.667. The average molecular weight is 238 g/mol. The van der Waals surface area contributed by atoms with E-state index in [4.69, 9.17) is 0 Å². The van der Waals surface area contributed by atoms with Gasteiger partial charge in [-0.05, 0) is 26.3 Å². The largest absolute Gasteiger partial charge is 0.336 e. The molecule has 3 aliphatic heterocycles. The fraction of sp³-hybridized carbons (Fsp3) is 0.917. The van der Waals surface area contributed by atoms with Crippen molar-refractivity contribution in [3.63, 3.8) is 0 Å². The number of hydrogen-bond donors (Lipinski definition) is 2. The Balaban J connectivity index is 1.61. The summed E-state index contributed by atoms with van der Waals surface area (Å²) in [5.74, 6) is 0. The Morgan fingerprint density at radius 2 is 2.18 bits per heavy atom. The second-order valence-corrected chi connectivity index (χ2v) is 5.56. The van der Waals surface area contributed by atoms with Crippen molar-refractivity contribution >= 4 is 6.03 Å². The van der Waals surface area contributed by atoms with E-state index in [-0.39, 0.29) is 6.03 Å². The highest BCUT2D eigenvalue weighted by Gasteiger charge is 2.37. The first-order valence-electron chi connectivity index (χ1n) is 6.76. The van der Waals surface area contributed by atoms with Crippen molar-refractivity contribution in [2.24, 2.45) is 0 Å². The predicted molar refractivity (Wildman–Crippen MR) is 66.0 cm³/mol. The minimum absolute atomic E-state index is 0.133. The maximum Gasteiger partial charge on any atom is 0.317 e. The van der Waals surface area contributed by atoms with Crippen LogP contribution in [0.1, 0.15) is 19.8 Å². The highest BCUT2D eigenvalue weighted by Crippen LogP contribution is 2.21. The van der Waals surface area contributed by atoms with Gasteiger partial charge in [0.15, 0.2) is 0 Å². The molecule has 0 radical (unpaired) electrons. The van der Waals surface area contributed by atoms with Crippen molar-refractivity contribution in [3.8, 4) is 0 Å². The molecule has 0 aromatic carbocycles. The van der Waals surface area contributed by atoms with Gasteiger partial charge in [0, 0.05) is 38.3 Å². The summed E-state index contributed by atoms with van der Waals surface area (Å²) in [4.78, 5) is 16.1. The molecule has 5 nitrogen and oxygen atoms in total. The van der Waals surface area contributed by atoms with Crippen LogP contribution in [0, 0.1) is 0 Å². The van der Waals surface area contributed by atoms with E-state index in [1.54, 1.807) is 0 Å². The second-order valence-electron chi connectivity index (χ2n) is 5.56. The Hall–Kier alpha value is -0.810. The lowest BCUT2D eigenvalue weighted by molar-refractivity contribution is 0.0689. The third kappa shape index (κ3) is 2.13. The van der Waals surface area contributed by atoms with Crippen molar-refractivity contribution < 1.29 is 4.79 Å². The van der Waals surface area contributed by atoms with Gasteiger partial charge in [0.05, 0.1) is 6.04 Å². The van der Waals surface area contributed by atoms with Crippen LogP contribution in [0.2, 0.25) is 0 Å². The number of nitrogens with zero attached hydrogens (tertiary/aromatic N) is 2. The second kappa shape index (κ2) is 4.46. The van der Waals surface area contributed by atoms with Gasteiger partial charge in [0.2, 0.25) is 0 Å². The van der Waals surface area contributed by atoms with Crippen LogP contribution < -0.4 is 10.6 Å². The summed E-state index contributed by atoms with van der Waals surface area (Å²) in [7, 11) is 0. The molecular weight excluding hydrogens is 216 g/mol. The normalized spacial score (nSPS) is 39.0. The summed E-state index contributed by atoms with van der Waals surface area (Å²) in [6.45, 7) is 7.22. The smallest absolute Gasteiger partial charge is 0.317 e. The zero-order valence-electron chi connectivity index (χ0n) is 10.5. The van der Waals surface area contributed by atoms with Crippen LogP contribution >= 0.6 is 0 Å². The molecule has 3 aliphatic rings. The molecule has 0 bridgehead atoms. The minimum Gasteiger partial charge on any atom is -0.336 e. The lowest BCUT2D eigenvalue weighted by Gasteiger charge is -2.43. The molecule has 3 heterocycles. The molecule has 3 unspecified atom stereocenters. The molecule has 0 spiro atoms. The van der Waals surface area contributed by atoms with Gasteiger partial charge in [0.25, 0.3) is 0 Å². The number of carbonyl (C=O) groups excluding carboxylic acids is 1. The first-order valence-corrected chi connectivity index (χ1v) is 6.76. The van der Waals surface area contributed by atoms with Crippen molar-refractivity contribution in [1.82, 2.24) is 20.4 Å². The van der Waals surface area contributed by atoms with Gasteiger partial charge >= 0.3 is 6.03 Å². The van der Waals surface area contributed by atoms with Gasteiger partial charge < -0.3 is 15.5 Å². The lowest BCUT2D eigenvalue weighted by atomic mass is 9.97. The molecule has 3 atom stereocenters. The molecular formula is C12H22N4O. The molecule has 5 heteroatoms. The fourth-order valence-corrected chi connectivity index (χ4v) is 3.40. The van der Waals surface area contributed by atoms with Gasteiger partial charge in [0.1, 0.15) is 0 Å². The Labute approximate surface area is 103 Å². The van der Waals surface area contributed by atoms with E-state index in [9.17, 15) is 4.79 Å². The first kappa shape index (κ1) is 11.3. The average Bonchev–Trinajstić information content (AvgIpc) is 2.71. The molecule has 0 aromatic heterocycles. The molecule has 2 N–H and O–H groups in total. The first-order chi connectivity index (χ1) is 8.24. The number of hydrogen-bond acceptors (Lipinski definition) is 3. The van der Waals surface area contributed by atoms with Crippen molar-refractivity contribution in [2.45, 2.75) is 37.9 Å². The van der Waals surface area contributed by atoms with E-state index in [1.807, 2.05) is 4.90 Å². The Kier molecular flexibility index (Phi) is 2.96. The third-order valence-electron chi connectivity index (χ3n) is 4.38. The van der Waals surface area contributed by atoms with Crippen LogP contribution in [-0.4, -0.2) is 66.7 Å². The van der Waals surface area contributed by atoms with Gasteiger partial charge in [-0.2, -0.15) is 0 Å². The number of rotatable bonds is 1. The van der Waals surface area contributed by atoms with E-state index in [2.05, 4.69) is 22.5 Å². The molecule has 0 aromatic rings. The topological polar surface area (TPSA) is 47.6 Å². The number of urea groups is 1.